The maximum atomic E-state index is 12.3. The van der Waals surface area contributed by atoms with Crippen molar-refractivity contribution in [3.8, 4) is 0 Å². The van der Waals surface area contributed by atoms with E-state index in [0.717, 1.165) is 5.56 Å². The highest BCUT2D eigenvalue weighted by Gasteiger charge is 2.35. The SMILES string of the molecule is O=C(/C=C/c1ccccc1)CC(NC(=S)N1CCOCC1)C(Cl)(Cl)Cl. The third kappa shape index (κ3) is 7.12. The molecule has 0 saturated carbocycles. The van der Waals surface area contributed by atoms with Gasteiger partial charge in [0.25, 0.3) is 0 Å². The Bertz CT molecular complexity index is 614. The van der Waals surface area contributed by atoms with Crippen LogP contribution in [-0.4, -0.2) is 51.9 Å². The summed E-state index contributed by atoms with van der Waals surface area (Å²) in [5, 5.41) is 3.46. The number of hydrogen-bond donors (Lipinski definition) is 1. The molecule has 1 aliphatic rings. The predicted octanol–water partition coefficient (Wildman–Crippen LogP) is 3.60. The molecule has 1 unspecified atom stereocenters. The van der Waals surface area contributed by atoms with Crippen molar-refractivity contribution in [1.29, 1.82) is 0 Å². The molecular weight excluding hydrogens is 403 g/mol. The molecule has 8 heteroatoms. The molecule has 136 valence electrons. The molecule has 1 aromatic carbocycles. The molecule has 1 fully saturated rings. The Labute approximate surface area is 168 Å². The van der Waals surface area contributed by atoms with Crippen LogP contribution < -0.4 is 5.32 Å². The van der Waals surface area contributed by atoms with Gasteiger partial charge in [-0.3, -0.25) is 4.79 Å². The van der Waals surface area contributed by atoms with E-state index in [0.29, 0.717) is 31.4 Å². The molecule has 0 aromatic heterocycles. The van der Waals surface area contributed by atoms with Gasteiger partial charge in [-0.15, -0.1) is 0 Å². The summed E-state index contributed by atoms with van der Waals surface area (Å²) < 4.78 is 3.63. The van der Waals surface area contributed by atoms with Crippen molar-refractivity contribution >= 4 is 64.0 Å². The molecule has 25 heavy (non-hydrogen) atoms. The minimum atomic E-state index is -1.66. The number of nitrogens with zero attached hydrogens (tertiary/aromatic N) is 1. The minimum Gasteiger partial charge on any atom is -0.378 e. The second-order valence-electron chi connectivity index (χ2n) is 5.56. The zero-order valence-electron chi connectivity index (χ0n) is 13.5. The standard InChI is InChI=1S/C17H19Cl3N2O2S/c18-17(19,20)15(21-16(25)22-8-10-24-11-9-22)12-14(23)7-6-13-4-2-1-3-5-13/h1-7,15H,8-12H2,(H,21,25)/b7-6+. The molecule has 0 spiro atoms. The average Bonchev–Trinajstić information content (AvgIpc) is 2.60. The predicted molar refractivity (Wildman–Crippen MR) is 107 cm³/mol. The first-order chi connectivity index (χ1) is 11.9. The van der Waals surface area contributed by atoms with Gasteiger partial charge in [0.2, 0.25) is 3.79 Å². The van der Waals surface area contributed by atoms with Crippen molar-refractivity contribution in [3.05, 3.63) is 42.0 Å². The maximum absolute atomic E-state index is 12.3. The third-order valence-corrected chi connectivity index (χ3v) is 4.82. The van der Waals surface area contributed by atoms with Gasteiger partial charge in [0.15, 0.2) is 10.9 Å². The first-order valence-electron chi connectivity index (χ1n) is 7.82. The smallest absolute Gasteiger partial charge is 0.210 e. The molecule has 0 radical (unpaired) electrons. The summed E-state index contributed by atoms with van der Waals surface area (Å²) in [5.41, 5.74) is 0.929. The summed E-state index contributed by atoms with van der Waals surface area (Å²) in [4.78, 5) is 14.2. The lowest BCUT2D eigenvalue weighted by Gasteiger charge is -2.33. The average molecular weight is 422 g/mol. The number of hydrogen-bond acceptors (Lipinski definition) is 3. The van der Waals surface area contributed by atoms with Gasteiger partial charge < -0.3 is 15.0 Å². The van der Waals surface area contributed by atoms with Crippen LogP contribution in [0.3, 0.4) is 0 Å². The van der Waals surface area contributed by atoms with E-state index in [-0.39, 0.29) is 12.2 Å². The molecule has 0 amide bonds. The largest absolute Gasteiger partial charge is 0.378 e. The second-order valence-corrected chi connectivity index (χ2v) is 8.31. The summed E-state index contributed by atoms with van der Waals surface area (Å²) >= 11 is 23.5. The highest BCUT2D eigenvalue weighted by atomic mass is 35.6. The van der Waals surface area contributed by atoms with Gasteiger partial charge in [0.05, 0.1) is 19.3 Å². The fourth-order valence-corrected chi connectivity index (χ4v) is 3.00. The minimum absolute atomic E-state index is 0.0182. The van der Waals surface area contributed by atoms with Crippen LogP contribution in [0.25, 0.3) is 6.08 Å². The van der Waals surface area contributed by atoms with Crippen LogP contribution in [0.15, 0.2) is 36.4 Å². The Kier molecular flexibility index (Phi) is 7.97. The Hall–Kier alpha value is -0.850. The number of thiocarbonyl (C=S) groups is 1. The molecule has 2 rings (SSSR count). The van der Waals surface area contributed by atoms with Crippen LogP contribution in [0.2, 0.25) is 0 Å². The van der Waals surface area contributed by atoms with Crippen molar-refractivity contribution in [2.75, 3.05) is 26.3 Å². The van der Waals surface area contributed by atoms with Gasteiger partial charge >= 0.3 is 0 Å². The van der Waals surface area contributed by atoms with E-state index in [2.05, 4.69) is 5.32 Å². The van der Waals surface area contributed by atoms with Crippen molar-refractivity contribution in [2.45, 2.75) is 16.3 Å². The number of benzene rings is 1. The highest BCUT2D eigenvalue weighted by molar-refractivity contribution is 7.80. The summed E-state index contributed by atoms with van der Waals surface area (Å²) in [6.07, 6.45) is 3.24. The fraction of sp³-hybridized carbons (Fsp3) is 0.412. The molecule has 0 aliphatic carbocycles. The number of nitrogens with one attached hydrogen (secondary N) is 1. The first kappa shape index (κ1) is 20.5. The van der Waals surface area contributed by atoms with Crippen LogP contribution in [-0.2, 0) is 9.53 Å². The Morgan fingerprint density at radius 2 is 1.92 bits per heavy atom. The normalized spacial score (nSPS) is 16.7. The van der Waals surface area contributed by atoms with Crippen molar-refractivity contribution in [2.24, 2.45) is 0 Å². The number of carbonyl (C=O) groups excluding carboxylic acids is 1. The molecule has 4 nitrogen and oxygen atoms in total. The van der Waals surface area contributed by atoms with E-state index in [4.69, 9.17) is 51.8 Å². The number of rotatable bonds is 5. The second kappa shape index (κ2) is 9.74. The van der Waals surface area contributed by atoms with Crippen molar-refractivity contribution in [1.82, 2.24) is 10.2 Å². The zero-order valence-corrected chi connectivity index (χ0v) is 16.5. The van der Waals surface area contributed by atoms with E-state index in [1.54, 1.807) is 6.08 Å². The first-order valence-corrected chi connectivity index (χ1v) is 9.36. The number of allylic oxidation sites excluding steroid dienone is 1. The summed E-state index contributed by atoms with van der Waals surface area (Å²) in [5.74, 6) is -0.155. The lowest BCUT2D eigenvalue weighted by Crippen LogP contribution is -2.52. The van der Waals surface area contributed by atoms with Crippen LogP contribution >= 0.6 is 47.0 Å². The molecule has 1 atom stereocenters. The number of morpholine rings is 1. The summed E-state index contributed by atoms with van der Waals surface area (Å²) in [6.45, 7) is 2.53. The lowest BCUT2D eigenvalue weighted by molar-refractivity contribution is -0.114. The molecule has 1 aliphatic heterocycles. The lowest BCUT2D eigenvalue weighted by atomic mass is 10.1. The monoisotopic (exact) mass is 420 g/mol. The van der Waals surface area contributed by atoms with Crippen molar-refractivity contribution in [3.63, 3.8) is 0 Å². The topological polar surface area (TPSA) is 41.6 Å². The summed E-state index contributed by atoms with van der Waals surface area (Å²) in [7, 11) is 0. The molecule has 1 N–H and O–H groups in total. The van der Waals surface area contributed by atoms with E-state index in [1.165, 1.54) is 6.08 Å². The molecule has 1 heterocycles. The fourth-order valence-electron chi connectivity index (χ4n) is 2.28. The maximum Gasteiger partial charge on any atom is 0.210 e. The Morgan fingerprint density at radius 1 is 1.28 bits per heavy atom. The van der Waals surface area contributed by atoms with E-state index < -0.39 is 9.83 Å². The van der Waals surface area contributed by atoms with Crippen LogP contribution in [0.4, 0.5) is 0 Å². The molecule has 1 saturated heterocycles. The zero-order chi connectivity index (χ0) is 18.3. The van der Waals surface area contributed by atoms with Crippen molar-refractivity contribution < 1.29 is 9.53 Å². The van der Waals surface area contributed by atoms with E-state index in [1.807, 2.05) is 35.2 Å². The van der Waals surface area contributed by atoms with Gasteiger partial charge in [0, 0.05) is 19.5 Å². The van der Waals surface area contributed by atoms with Crippen LogP contribution in [0.5, 0.6) is 0 Å². The van der Waals surface area contributed by atoms with Gasteiger partial charge in [-0.2, -0.15) is 0 Å². The number of ketones is 1. The Balaban J connectivity index is 1.96. The van der Waals surface area contributed by atoms with Crippen LogP contribution in [0, 0.1) is 0 Å². The van der Waals surface area contributed by atoms with Gasteiger partial charge in [0.1, 0.15) is 0 Å². The number of carbonyl (C=O) groups is 1. The van der Waals surface area contributed by atoms with E-state index >= 15 is 0 Å². The third-order valence-electron chi connectivity index (χ3n) is 3.66. The van der Waals surface area contributed by atoms with Crippen LogP contribution in [0.1, 0.15) is 12.0 Å². The molecular formula is C17H19Cl3N2O2S. The van der Waals surface area contributed by atoms with Gasteiger partial charge in [-0.05, 0) is 23.9 Å². The molecule has 0 bridgehead atoms. The molecule has 1 aromatic rings. The van der Waals surface area contributed by atoms with Gasteiger partial charge in [-0.25, -0.2) is 0 Å². The summed E-state index contributed by atoms with van der Waals surface area (Å²) in [6, 6.07) is 8.80. The number of halogens is 3. The quantitative estimate of drug-likeness (QED) is 0.447. The Morgan fingerprint density at radius 3 is 2.52 bits per heavy atom. The number of alkyl halides is 3. The van der Waals surface area contributed by atoms with E-state index in [9.17, 15) is 4.79 Å². The number of ether oxygens (including phenoxy) is 1. The van der Waals surface area contributed by atoms with Gasteiger partial charge in [-0.1, -0.05) is 71.2 Å². The highest BCUT2D eigenvalue weighted by Crippen LogP contribution is 2.32.